The van der Waals surface area contributed by atoms with E-state index in [-0.39, 0.29) is 30.7 Å². The number of halogens is 1. The van der Waals surface area contributed by atoms with Gasteiger partial charge in [-0.15, -0.1) is 0 Å². The van der Waals surface area contributed by atoms with E-state index in [2.05, 4.69) is 5.32 Å². The van der Waals surface area contributed by atoms with Crippen LogP contribution in [-0.4, -0.2) is 24.9 Å². The maximum absolute atomic E-state index is 12.6. The topological polar surface area (TPSA) is 49.4 Å². The summed E-state index contributed by atoms with van der Waals surface area (Å²) in [5.41, 5.74) is 0.666. The number of rotatable bonds is 1. The second-order valence-electron chi connectivity index (χ2n) is 3.30. The second kappa shape index (κ2) is 3.68. The van der Waals surface area contributed by atoms with E-state index in [1.807, 2.05) is 0 Å². The Balaban J connectivity index is 2.19. The molecule has 1 aliphatic rings. The molecule has 1 saturated heterocycles. The van der Waals surface area contributed by atoms with Crippen LogP contribution in [0.15, 0.2) is 24.3 Å². The molecule has 4 nitrogen and oxygen atoms in total. The molecule has 78 valence electrons. The summed E-state index contributed by atoms with van der Waals surface area (Å²) in [6.45, 7) is 0.245. The normalized spacial score (nSPS) is 16.5. The van der Waals surface area contributed by atoms with E-state index in [0.717, 1.165) is 0 Å². The van der Waals surface area contributed by atoms with Gasteiger partial charge in [0, 0.05) is 5.69 Å². The highest BCUT2D eigenvalue weighted by molar-refractivity contribution is 6.02. The number of hydrogen-bond donors (Lipinski definition) is 1. The van der Waals surface area contributed by atoms with Crippen LogP contribution in [0.1, 0.15) is 0 Å². The lowest BCUT2D eigenvalue weighted by atomic mass is 10.2. The maximum atomic E-state index is 12.6. The van der Waals surface area contributed by atoms with Gasteiger partial charge in [-0.25, -0.2) is 4.39 Å². The Kier molecular flexibility index (Phi) is 2.37. The lowest BCUT2D eigenvalue weighted by Gasteiger charge is -2.27. The molecule has 1 aromatic carbocycles. The Morgan fingerprint density at radius 3 is 2.13 bits per heavy atom. The number of anilines is 1. The van der Waals surface area contributed by atoms with Crippen molar-refractivity contribution < 1.29 is 14.0 Å². The number of nitrogens with one attached hydrogen (secondary N) is 1. The van der Waals surface area contributed by atoms with Crippen LogP contribution in [0.5, 0.6) is 0 Å². The van der Waals surface area contributed by atoms with Crippen molar-refractivity contribution in [3.63, 3.8) is 0 Å². The van der Waals surface area contributed by atoms with E-state index in [9.17, 15) is 14.0 Å². The van der Waals surface area contributed by atoms with E-state index in [4.69, 9.17) is 0 Å². The lowest BCUT2D eigenvalue weighted by Crippen LogP contribution is -2.51. The Bertz CT molecular complexity index is 386. The molecule has 5 heteroatoms. The molecule has 0 aromatic heterocycles. The van der Waals surface area contributed by atoms with Crippen molar-refractivity contribution in [2.45, 2.75) is 0 Å². The average Bonchev–Trinajstić information content (AvgIpc) is 2.17. The molecule has 1 aliphatic heterocycles. The maximum Gasteiger partial charge on any atom is 0.246 e. The zero-order valence-electron chi connectivity index (χ0n) is 7.87. The summed E-state index contributed by atoms with van der Waals surface area (Å²) in [5.74, 6) is -1.02. The number of benzene rings is 1. The highest BCUT2D eigenvalue weighted by atomic mass is 19.1. The first-order chi connectivity index (χ1) is 7.15. The third-order valence-electron chi connectivity index (χ3n) is 2.14. The van der Waals surface area contributed by atoms with Crippen LogP contribution in [0.2, 0.25) is 0 Å². The number of carbonyl (C=O) groups is 2. The van der Waals surface area contributed by atoms with Crippen molar-refractivity contribution in [3.8, 4) is 0 Å². The van der Waals surface area contributed by atoms with E-state index in [1.54, 1.807) is 17.0 Å². The van der Waals surface area contributed by atoms with E-state index in [0.29, 0.717) is 5.69 Å². The Morgan fingerprint density at radius 2 is 1.60 bits per heavy atom. The largest absolute Gasteiger partial charge is 0.353 e. The molecule has 0 saturated carbocycles. The van der Waals surface area contributed by atoms with E-state index < -0.39 is 0 Å². The molecule has 0 radical (unpaired) electrons. The summed E-state index contributed by atoms with van der Waals surface area (Å²) >= 11 is 0. The van der Waals surface area contributed by atoms with Gasteiger partial charge in [0.05, 0.1) is 13.1 Å². The van der Waals surface area contributed by atoms with Crippen molar-refractivity contribution in [2.24, 2.45) is 0 Å². The van der Waals surface area contributed by atoms with Gasteiger partial charge in [0.15, 0.2) is 0 Å². The van der Waals surface area contributed by atoms with Crippen LogP contribution >= 0.6 is 0 Å². The minimum absolute atomic E-state index is 0.122. The summed E-state index contributed by atoms with van der Waals surface area (Å²) < 4.78 is 12.6. The average molecular weight is 208 g/mol. The van der Waals surface area contributed by atoms with Gasteiger partial charge in [-0.1, -0.05) is 0 Å². The van der Waals surface area contributed by atoms with Gasteiger partial charge in [0.2, 0.25) is 11.8 Å². The summed E-state index contributed by atoms with van der Waals surface area (Å²) in [7, 11) is 0. The third-order valence-corrected chi connectivity index (χ3v) is 2.14. The first kappa shape index (κ1) is 9.64. The standard InChI is InChI=1S/C10H9FN2O2/c11-7-1-3-8(4-2-7)13-5-9(14)12-10(15)6-13/h1-4H,5-6H2,(H,12,14,15). The molecule has 0 spiro atoms. The molecule has 2 amide bonds. The molecule has 0 aliphatic carbocycles. The van der Waals surface area contributed by atoms with Crippen LogP contribution in [0.4, 0.5) is 10.1 Å². The van der Waals surface area contributed by atoms with Crippen LogP contribution < -0.4 is 10.2 Å². The molecule has 1 N–H and O–H groups in total. The first-order valence-corrected chi connectivity index (χ1v) is 4.48. The summed E-state index contributed by atoms with van der Waals surface area (Å²) in [5, 5.41) is 2.20. The van der Waals surface area contributed by atoms with Crippen molar-refractivity contribution in [2.75, 3.05) is 18.0 Å². The van der Waals surface area contributed by atoms with Crippen molar-refractivity contribution >= 4 is 17.5 Å². The summed E-state index contributed by atoms with van der Waals surface area (Å²) in [6, 6.07) is 5.68. The van der Waals surface area contributed by atoms with E-state index in [1.165, 1.54) is 12.1 Å². The minimum Gasteiger partial charge on any atom is -0.353 e. The molecular formula is C10H9FN2O2. The molecular weight excluding hydrogens is 199 g/mol. The lowest BCUT2D eigenvalue weighted by molar-refractivity contribution is -0.130. The number of imide groups is 1. The van der Waals surface area contributed by atoms with E-state index >= 15 is 0 Å². The highest BCUT2D eigenvalue weighted by Crippen LogP contribution is 2.15. The van der Waals surface area contributed by atoms with Crippen molar-refractivity contribution in [1.82, 2.24) is 5.32 Å². The molecule has 0 bridgehead atoms. The minimum atomic E-state index is -0.341. The number of nitrogens with zero attached hydrogens (tertiary/aromatic N) is 1. The SMILES string of the molecule is O=C1CN(c2ccc(F)cc2)CC(=O)N1. The van der Waals surface area contributed by atoms with Gasteiger partial charge in [0.1, 0.15) is 5.82 Å². The fraction of sp³-hybridized carbons (Fsp3) is 0.200. The Labute approximate surface area is 85.7 Å². The molecule has 1 heterocycles. The monoisotopic (exact) mass is 208 g/mol. The quantitative estimate of drug-likeness (QED) is 0.675. The van der Waals surface area contributed by atoms with Crippen LogP contribution in [0.3, 0.4) is 0 Å². The number of piperazine rings is 1. The Morgan fingerprint density at radius 1 is 1.07 bits per heavy atom. The van der Waals surface area contributed by atoms with Gasteiger partial charge < -0.3 is 4.90 Å². The number of amides is 2. The van der Waals surface area contributed by atoms with Gasteiger partial charge in [0.25, 0.3) is 0 Å². The molecule has 15 heavy (non-hydrogen) atoms. The fourth-order valence-electron chi connectivity index (χ4n) is 1.47. The number of hydrogen-bond acceptors (Lipinski definition) is 3. The Hall–Kier alpha value is -1.91. The second-order valence-corrected chi connectivity index (χ2v) is 3.30. The number of carbonyl (C=O) groups excluding carboxylic acids is 2. The molecule has 0 unspecified atom stereocenters. The fourth-order valence-corrected chi connectivity index (χ4v) is 1.47. The first-order valence-electron chi connectivity index (χ1n) is 4.48. The van der Waals surface area contributed by atoms with Gasteiger partial charge >= 0.3 is 0 Å². The van der Waals surface area contributed by atoms with Crippen LogP contribution in [-0.2, 0) is 9.59 Å². The third kappa shape index (κ3) is 2.12. The molecule has 1 fully saturated rings. The summed E-state index contributed by atoms with van der Waals surface area (Å²) in [4.78, 5) is 23.8. The van der Waals surface area contributed by atoms with Crippen LogP contribution in [0.25, 0.3) is 0 Å². The highest BCUT2D eigenvalue weighted by Gasteiger charge is 2.22. The zero-order chi connectivity index (χ0) is 10.8. The molecule has 1 aromatic rings. The molecule has 0 atom stereocenters. The summed E-state index contributed by atoms with van der Waals surface area (Å²) in [6.07, 6.45) is 0. The van der Waals surface area contributed by atoms with Gasteiger partial charge in [-0.3, -0.25) is 14.9 Å². The predicted molar refractivity (Wildman–Crippen MR) is 51.8 cm³/mol. The van der Waals surface area contributed by atoms with Crippen molar-refractivity contribution in [1.29, 1.82) is 0 Å². The van der Waals surface area contributed by atoms with Gasteiger partial charge in [-0.05, 0) is 24.3 Å². The smallest absolute Gasteiger partial charge is 0.246 e. The van der Waals surface area contributed by atoms with Gasteiger partial charge in [-0.2, -0.15) is 0 Å². The predicted octanol–water partition coefficient (Wildman–Crippen LogP) is 0.289. The van der Waals surface area contributed by atoms with Crippen LogP contribution in [0, 0.1) is 5.82 Å². The zero-order valence-corrected chi connectivity index (χ0v) is 7.87. The van der Waals surface area contributed by atoms with Crippen molar-refractivity contribution in [3.05, 3.63) is 30.1 Å². The molecule has 2 rings (SSSR count).